The number of rotatable bonds is 9. The molecule has 0 saturated heterocycles. The molecule has 3 heteroatoms. The maximum Gasteiger partial charge on any atom is 0.0494 e. The Balaban J connectivity index is 1.68. The molecular weight excluding hydrogens is 198 g/mol. The zero-order valence-electron chi connectivity index (χ0n) is 8.68. The fraction of sp³-hybridized carbons (Fsp3) is 0.818. The van der Waals surface area contributed by atoms with Gasteiger partial charge in [-0.25, -0.2) is 0 Å². The van der Waals surface area contributed by atoms with Gasteiger partial charge in [0.2, 0.25) is 0 Å². The van der Waals surface area contributed by atoms with E-state index in [1.165, 1.54) is 12.8 Å². The summed E-state index contributed by atoms with van der Waals surface area (Å²) in [5.74, 6) is 1.49. The largest absolute Gasteiger partial charge is 0.381 e. The Morgan fingerprint density at radius 2 is 2.21 bits per heavy atom. The first kappa shape index (κ1) is 12.0. The Bertz CT molecular complexity index is 157. The fourth-order valence-corrected chi connectivity index (χ4v) is 1.29. The topological polar surface area (TPSA) is 21.3 Å². The van der Waals surface area contributed by atoms with E-state index in [4.69, 9.17) is 16.3 Å². The van der Waals surface area contributed by atoms with Crippen LogP contribution in [0.3, 0.4) is 0 Å². The van der Waals surface area contributed by atoms with Gasteiger partial charge in [-0.1, -0.05) is 12.2 Å². The van der Waals surface area contributed by atoms with Gasteiger partial charge in [0, 0.05) is 25.6 Å². The number of halogens is 1. The lowest BCUT2D eigenvalue weighted by atomic mass is 10.4. The van der Waals surface area contributed by atoms with Crippen LogP contribution < -0.4 is 5.32 Å². The number of nitrogens with one attached hydrogen (secondary N) is 1. The fourth-order valence-electron chi connectivity index (χ4n) is 1.17. The second-order valence-corrected chi connectivity index (χ2v) is 4.01. The van der Waals surface area contributed by atoms with Gasteiger partial charge in [-0.3, -0.25) is 0 Å². The smallest absolute Gasteiger partial charge is 0.0494 e. The molecule has 82 valence electrons. The second-order valence-electron chi connectivity index (χ2n) is 3.70. The third-order valence-corrected chi connectivity index (χ3v) is 2.39. The van der Waals surface area contributed by atoms with Crippen molar-refractivity contribution in [3.05, 3.63) is 12.2 Å². The molecule has 0 atom stereocenters. The first-order chi connectivity index (χ1) is 6.93. The summed E-state index contributed by atoms with van der Waals surface area (Å²) in [6.45, 7) is 3.81. The Labute approximate surface area is 91.7 Å². The van der Waals surface area contributed by atoms with Crippen molar-refractivity contribution in [1.82, 2.24) is 5.32 Å². The van der Waals surface area contributed by atoms with Crippen LogP contribution >= 0.6 is 11.6 Å². The van der Waals surface area contributed by atoms with Crippen LogP contribution in [0.25, 0.3) is 0 Å². The molecule has 0 radical (unpaired) electrons. The molecule has 1 aliphatic rings. The number of hydrogen-bond acceptors (Lipinski definition) is 2. The minimum atomic E-state index is 0.603. The van der Waals surface area contributed by atoms with E-state index in [0.717, 1.165) is 38.6 Å². The van der Waals surface area contributed by atoms with Crippen LogP contribution in [0.4, 0.5) is 0 Å². The number of hydrogen-bond donors (Lipinski definition) is 1. The van der Waals surface area contributed by atoms with Gasteiger partial charge in [-0.15, -0.1) is 11.6 Å². The molecule has 0 aromatic carbocycles. The summed E-state index contributed by atoms with van der Waals surface area (Å²) in [5, 5.41) is 3.30. The van der Waals surface area contributed by atoms with E-state index in [0.29, 0.717) is 5.88 Å². The third-order valence-electron chi connectivity index (χ3n) is 2.21. The maximum atomic E-state index is 5.51. The van der Waals surface area contributed by atoms with Gasteiger partial charge in [0.1, 0.15) is 0 Å². The van der Waals surface area contributed by atoms with Crippen LogP contribution in [0.15, 0.2) is 12.2 Å². The van der Waals surface area contributed by atoms with Crippen molar-refractivity contribution in [1.29, 1.82) is 0 Å². The van der Waals surface area contributed by atoms with Crippen LogP contribution in [0.5, 0.6) is 0 Å². The highest BCUT2D eigenvalue weighted by Crippen LogP contribution is 2.28. The predicted molar refractivity (Wildman–Crippen MR) is 60.9 cm³/mol. The molecule has 0 aliphatic heterocycles. The van der Waals surface area contributed by atoms with Crippen LogP contribution in [-0.2, 0) is 4.74 Å². The number of ether oxygens (including phenoxy) is 1. The second kappa shape index (κ2) is 8.27. The monoisotopic (exact) mass is 217 g/mol. The van der Waals surface area contributed by atoms with Gasteiger partial charge in [-0.2, -0.15) is 0 Å². The zero-order chi connectivity index (χ0) is 10.1. The molecule has 0 aromatic rings. The average Bonchev–Trinajstić information content (AvgIpc) is 2.99. The van der Waals surface area contributed by atoms with Crippen LogP contribution in [0.1, 0.15) is 19.3 Å². The summed E-state index contributed by atoms with van der Waals surface area (Å²) in [5.41, 5.74) is 0. The number of allylic oxidation sites excluding steroid dienone is 1. The lowest BCUT2D eigenvalue weighted by Crippen LogP contribution is -2.16. The summed E-state index contributed by atoms with van der Waals surface area (Å²) in [4.78, 5) is 0. The van der Waals surface area contributed by atoms with Crippen LogP contribution in [0.2, 0.25) is 0 Å². The van der Waals surface area contributed by atoms with E-state index in [1.54, 1.807) is 0 Å². The van der Waals surface area contributed by atoms with Crippen LogP contribution in [0, 0.1) is 5.92 Å². The molecule has 0 unspecified atom stereocenters. The summed E-state index contributed by atoms with van der Waals surface area (Å²) in [7, 11) is 0. The van der Waals surface area contributed by atoms with Crippen molar-refractivity contribution in [3.8, 4) is 0 Å². The molecular formula is C11H20ClNO. The highest BCUT2D eigenvalue weighted by atomic mass is 35.5. The van der Waals surface area contributed by atoms with E-state index in [-0.39, 0.29) is 0 Å². The van der Waals surface area contributed by atoms with Crippen molar-refractivity contribution in [3.63, 3.8) is 0 Å². The van der Waals surface area contributed by atoms with E-state index < -0.39 is 0 Å². The molecule has 1 N–H and O–H groups in total. The molecule has 0 spiro atoms. The SMILES string of the molecule is ClC/C=C/CNCCCOCC1CC1. The van der Waals surface area contributed by atoms with E-state index in [9.17, 15) is 0 Å². The standard InChI is InChI=1S/C11H20ClNO/c12-6-1-2-7-13-8-3-9-14-10-11-4-5-11/h1-2,11,13H,3-10H2/b2-1+. The third kappa shape index (κ3) is 7.36. The van der Waals surface area contributed by atoms with Gasteiger partial charge in [0.25, 0.3) is 0 Å². The van der Waals surface area contributed by atoms with Crippen molar-refractivity contribution in [2.45, 2.75) is 19.3 Å². The summed E-state index contributed by atoms with van der Waals surface area (Å²) in [6, 6.07) is 0. The van der Waals surface area contributed by atoms with Crippen molar-refractivity contribution in [2.75, 3.05) is 32.2 Å². The molecule has 0 bridgehead atoms. The number of alkyl halides is 1. The molecule has 1 rings (SSSR count). The maximum absolute atomic E-state index is 5.51. The molecule has 0 amide bonds. The summed E-state index contributed by atoms with van der Waals surface area (Å²) < 4.78 is 5.51. The van der Waals surface area contributed by atoms with Crippen LogP contribution in [-0.4, -0.2) is 32.2 Å². The van der Waals surface area contributed by atoms with E-state index in [2.05, 4.69) is 11.4 Å². The lowest BCUT2D eigenvalue weighted by Gasteiger charge is -2.03. The molecule has 0 heterocycles. The minimum Gasteiger partial charge on any atom is -0.381 e. The Hall–Kier alpha value is -0.0500. The predicted octanol–water partition coefficient (Wildman–Crippen LogP) is 2.19. The Morgan fingerprint density at radius 1 is 1.36 bits per heavy atom. The van der Waals surface area contributed by atoms with Gasteiger partial charge in [0.15, 0.2) is 0 Å². The van der Waals surface area contributed by atoms with E-state index in [1.807, 2.05) is 6.08 Å². The van der Waals surface area contributed by atoms with E-state index >= 15 is 0 Å². The average molecular weight is 218 g/mol. The molecule has 1 saturated carbocycles. The first-order valence-corrected chi connectivity index (χ1v) is 5.96. The van der Waals surface area contributed by atoms with Gasteiger partial charge < -0.3 is 10.1 Å². The normalized spacial score (nSPS) is 16.6. The van der Waals surface area contributed by atoms with Crippen molar-refractivity contribution >= 4 is 11.6 Å². The molecule has 2 nitrogen and oxygen atoms in total. The quantitative estimate of drug-likeness (QED) is 0.363. The highest BCUT2D eigenvalue weighted by molar-refractivity contribution is 6.18. The molecule has 1 aliphatic carbocycles. The molecule has 1 fully saturated rings. The lowest BCUT2D eigenvalue weighted by molar-refractivity contribution is 0.122. The summed E-state index contributed by atoms with van der Waals surface area (Å²) in [6.07, 6.45) is 7.86. The summed E-state index contributed by atoms with van der Waals surface area (Å²) >= 11 is 5.48. The first-order valence-electron chi connectivity index (χ1n) is 5.43. The minimum absolute atomic E-state index is 0.603. The molecule has 14 heavy (non-hydrogen) atoms. The Kier molecular flexibility index (Phi) is 7.10. The van der Waals surface area contributed by atoms with Crippen molar-refractivity contribution < 1.29 is 4.74 Å². The van der Waals surface area contributed by atoms with Gasteiger partial charge >= 0.3 is 0 Å². The molecule has 0 aromatic heterocycles. The zero-order valence-corrected chi connectivity index (χ0v) is 9.43. The van der Waals surface area contributed by atoms with Crippen molar-refractivity contribution in [2.24, 2.45) is 5.92 Å². The Morgan fingerprint density at radius 3 is 2.93 bits per heavy atom. The highest BCUT2D eigenvalue weighted by Gasteiger charge is 2.20. The van der Waals surface area contributed by atoms with Gasteiger partial charge in [-0.05, 0) is 31.7 Å². The van der Waals surface area contributed by atoms with Gasteiger partial charge in [0.05, 0.1) is 0 Å².